The molecule has 6 rings (SSSR count). The minimum atomic E-state index is -1.50. The summed E-state index contributed by atoms with van der Waals surface area (Å²) in [6, 6.07) is 7.59. The highest BCUT2D eigenvalue weighted by molar-refractivity contribution is 5.82. The molecule has 0 bridgehead atoms. The second kappa shape index (κ2) is 7.80. The normalized spacial score (nSPS) is 18.9. The minimum Gasteiger partial charge on any atom is -0.340 e. The molecule has 3 heterocycles. The van der Waals surface area contributed by atoms with E-state index in [9.17, 15) is 17.6 Å². The van der Waals surface area contributed by atoms with Crippen molar-refractivity contribution in [3.63, 3.8) is 0 Å². The molecule has 4 nitrogen and oxygen atoms in total. The summed E-state index contributed by atoms with van der Waals surface area (Å²) in [6.07, 6.45) is 5.63. The van der Waals surface area contributed by atoms with Gasteiger partial charge in [0.25, 0.3) is 0 Å². The highest BCUT2D eigenvalue weighted by Crippen LogP contribution is 2.46. The Morgan fingerprint density at radius 1 is 0.939 bits per heavy atom. The van der Waals surface area contributed by atoms with Gasteiger partial charge in [-0.2, -0.15) is 0 Å². The van der Waals surface area contributed by atoms with Crippen LogP contribution in [0.3, 0.4) is 0 Å². The summed E-state index contributed by atoms with van der Waals surface area (Å²) >= 11 is 0. The van der Waals surface area contributed by atoms with Crippen LogP contribution in [0.2, 0.25) is 0 Å². The Hall–Kier alpha value is -3.00. The number of aromatic amines is 1. The predicted octanol–water partition coefficient (Wildman–Crippen LogP) is 6.00. The van der Waals surface area contributed by atoms with Crippen LogP contribution in [-0.4, -0.2) is 32.9 Å². The van der Waals surface area contributed by atoms with Gasteiger partial charge in [-0.1, -0.05) is 0 Å². The van der Waals surface area contributed by atoms with Crippen LogP contribution in [0.5, 0.6) is 0 Å². The van der Waals surface area contributed by atoms with Crippen LogP contribution >= 0.6 is 0 Å². The molecule has 2 aromatic heterocycles. The number of nitrogens with zero attached hydrogens (tertiary/aromatic N) is 3. The van der Waals surface area contributed by atoms with E-state index in [2.05, 4.69) is 19.9 Å². The summed E-state index contributed by atoms with van der Waals surface area (Å²) in [5.41, 5.74) is 1.91. The lowest BCUT2D eigenvalue weighted by Crippen LogP contribution is -2.37. The standard InChI is InChI=1S/C25H22F4N4/c26-15-3-4-19-17(11-15)16(5-8-30-19)13-6-9-33(10-7-13)24(14-1-2-14)25-31-20-12-18(27)21(28)22(29)23(20)32-25/h3-5,8,11-14,24H,1-2,6-7,9-10H2,(H,31,32). The Morgan fingerprint density at radius 2 is 1.73 bits per heavy atom. The molecule has 1 N–H and O–H groups in total. The third kappa shape index (κ3) is 3.57. The molecule has 1 saturated carbocycles. The second-order valence-corrected chi connectivity index (χ2v) is 9.16. The molecule has 0 spiro atoms. The van der Waals surface area contributed by atoms with Crippen molar-refractivity contribution in [2.45, 2.75) is 37.6 Å². The number of hydrogen-bond donors (Lipinski definition) is 1. The van der Waals surface area contributed by atoms with E-state index >= 15 is 0 Å². The average Bonchev–Trinajstić information content (AvgIpc) is 3.57. The van der Waals surface area contributed by atoms with Crippen molar-refractivity contribution < 1.29 is 17.6 Å². The van der Waals surface area contributed by atoms with Gasteiger partial charge < -0.3 is 4.98 Å². The van der Waals surface area contributed by atoms with E-state index < -0.39 is 17.5 Å². The van der Waals surface area contributed by atoms with E-state index in [-0.39, 0.29) is 28.8 Å². The topological polar surface area (TPSA) is 44.8 Å². The Labute approximate surface area is 187 Å². The fourth-order valence-electron chi connectivity index (χ4n) is 5.31. The highest BCUT2D eigenvalue weighted by Gasteiger charge is 2.40. The number of hydrogen-bond acceptors (Lipinski definition) is 3. The molecule has 1 unspecified atom stereocenters. The number of benzene rings is 2. The lowest BCUT2D eigenvalue weighted by molar-refractivity contribution is 0.131. The zero-order valence-corrected chi connectivity index (χ0v) is 17.8. The summed E-state index contributed by atoms with van der Waals surface area (Å²) in [6.45, 7) is 1.60. The van der Waals surface area contributed by atoms with Gasteiger partial charge in [0.05, 0.1) is 17.1 Å². The van der Waals surface area contributed by atoms with Crippen molar-refractivity contribution in [1.29, 1.82) is 0 Å². The summed E-state index contributed by atoms with van der Waals surface area (Å²) in [5.74, 6) is -3.01. The summed E-state index contributed by atoms with van der Waals surface area (Å²) in [7, 11) is 0. The van der Waals surface area contributed by atoms with E-state index in [1.54, 1.807) is 18.3 Å². The molecule has 33 heavy (non-hydrogen) atoms. The number of aromatic nitrogens is 3. The maximum absolute atomic E-state index is 14.2. The Bertz CT molecular complexity index is 1360. The highest BCUT2D eigenvalue weighted by atomic mass is 19.2. The number of halogens is 4. The molecular formula is C25H22F4N4. The number of pyridine rings is 1. The van der Waals surface area contributed by atoms with Crippen molar-refractivity contribution in [3.8, 4) is 0 Å². The molecule has 0 amide bonds. The van der Waals surface area contributed by atoms with Crippen molar-refractivity contribution in [2.75, 3.05) is 13.1 Å². The van der Waals surface area contributed by atoms with E-state index in [0.717, 1.165) is 61.3 Å². The molecule has 1 aliphatic heterocycles. The maximum atomic E-state index is 14.2. The van der Waals surface area contributed by atoms with Gasteiger partial charge in [-0.05, 0) is 80.4 Å². The largest absolute Gasteiger partial charge is 0.340 e. The first kappa shape index (κ1) is 20.6. The zero-order valence-electron chi connectivity index (χ0n) is 17.8. The first-order valence-corrected chi connectivity index (χ1v) is 11.3. The first-order chi connectivity index (χ1) is 16.0. The Morgan fingerprint density at radius 3 is 2.48 bits per heavy atom. The van der Waals surface area contributed by atoms with Crippen molar-refractivity contribution in [3.05, 3.63) is 71.2 Å². The van der Waals surface area contributed by atoms with E-state index in [0.29, 0.717) is 11.7 Å². The lowest BCUT2D eigenvalue weighted by Gasteiger charge is -2.37. The Kier molecular flexibility index (Phi) is 4.87. The summed E-state index contributed by atoms with van der Waals surface area (Å²) in [4.78, 5) is 14.1. The molecule has 1 atom stereocenters. The number of likely N-dealkylation sites (tertiary alicyclic amines) is 1. The molecule has 1 saturated heterocycles. The fraction of sp³-hybridized carbons (Fsp3) is 0.360. The van der Waals surface area contributed by atoms with Gasteiger partial charge in [-0.25, -0.2) is 22.5 Å². The molecule has 2 aromatic carbocycles. The number of imidazole rings is 1. The maximum Gasteiger partial charge on any atom is 0.196 e. The molecular weight excluding hydrogens is 432 g/mol. The van der Waals surface area contributed by atoms with Gasteiger partial charge in [-0.15, -0.1) is 0 Å². The third-order valence-corrected chi connectivity index (χ3v) is 7.08. The molecule has 2 fully saturated rings. The predicted molar refractivity (Wildman–Crippen MR) is 117 cm³/mol. The number of nitrogens with one attached hydrogen (secondary N) is 1. The fourth-order valence-corrected chi connectivity index (χ4v) is 5.31. The van der Waals surface area contributed by atoms with Gasteiger partial charge in [-0.3, -0.25) is 9.88 Å². The summed E-state index contributed by atoms with van der Waals surface area (Å²) < 4.78 is 55.5. The van der Waals surface area contributed by atoms with Crippen LogP contribution in [0, 0.1) is 29.2 Å². The van der Waals surface area contributed by atoms with E-state index in [1.165, 1.54) is 6.07 Å². The molecule has 1 aliphatic carbocycles. The van der Waals surface area contributed by atoms with Crippen LogP contribution in [0.1, 0.15) is 49.0 Å². The molecule has 2 aliphatic rings. The van der Waals surface area contributed by atoms with Crippen molar-refractivity contribution in [1.82, 2.24) is 19.9 Å². The van der Waals surface area contributed by atoms with Crippen LogP contribution < -0.4 is 0 Å². The number of piperidine rings is 1. The smallest absolute Gasteiger partial charge is 0.196 e. The average molecular weight is 454 g/mol. The van der Waals surface area contributed by atoms with Crippen LogP contribution in [0.15, 0.2) is 36.5 Å². The third-order valence-electron chi connectivity index (χ3n) is 7.08. The Balaban J connectivity index is 1.27. The lowest BCUT2D eigenvalue weighted by atomic mass is 9.86. The second-order valence-electron chi connectivity index (χ2n) is 9.16. The molecule has 0 radical (unpaired) electrons. The monoisotopic (exact) mass is 454 g/mol. The molecule has 8 heteroatoms. The van der Waals surface area contributed by atoms with Gasteiger partial charge in [0.1, 0.15) is 17.2 Å². The van der Waals surface area contributed by atoms with Crippen LogP contribution in [0.25, 0.3) is 21.9 Å². The van der Waals surface area contributed by atoms with Crippen LogP contribution in [0.4, 0.5) is 17.6 Å². The van der Waals surface area contributed by atoms with Gasteiger partial charge in [0.15, 0.2) is 17.5 Å². The first-order valence-electron chi connectivity index (χ1n) is 11.3. The number of H-pyrrole nitrogens is 1. The SMILES string of the molecule is Fc1ccc2nccc(C3CCN(C(c4nc5c(F)c(F)c(F)cc5[nH]4)C4CC4)CC3)c2c1. The van der Waals surface area contributed by atoms with Crippen LogP contribution in [-0.2, 0) is 0 Å². The van der Waals surface area contributed by atoms with E-state index in [4.69, 9.17) is 0 Å². The van der Waals surface area contributed by atoms with E-state index in [1.807, 2.05) is 6.07 Å². The molecule has 4 aromatic rings. The zero-order chi connectivity index (χ0) is 22.7. The minimum absolute atomic E-state index is 0.0458. The number of fused-ring (bicyclic) bond motifs is 2. The summed E-state index contributed by atoms with van der Waals surface area (Å²) in [5, 5.41) is 0.853. The van der Waals surface area contributed by atoms with Gasteiger partial charge in [0.2, 0.25) is 0 Å². The number of rotatable bonds is 4. The van der Waals surface area contributed by atoms with Crippen molar-refractivity contribution >= 4 is 21.9 Å². The van der Waals surface area contributed by atoms with Gasteiger partial charge in [0, 0.05) is 17.6 Å². The van der Waals surface area contributed by atoms with Gasteiger partial charge >= 0.3 is 0 Å². The van der Waals surface area contributed by atoms with Crippen molar-refractivity contribution in [2.24, 2.45) is 5.92 Å². The molecule has 170 valence electrons. The quantitative estimate of drug-likeness (QED) is 0.304.